The molecule has 0 aliphatic carbocycles. The van der Waals surface area contributed by atoms with E-state index in [1.165, 1.54) is 12.1 Å². The SMILES string of the molecule is COc1ccc(COc2cc(C(=O)O)ccc2C2OCCO2)cc1. The fourth-order valence-electron chi connectivity index (χ4n) is 2.41. The summed E-state index contributed by atoms with van der Waals surface area (Å²) in [6, 6.07) is 12.1. The van der Waals surface area contributed by atoms with E-state index in [1.54, 1.807) is 13.2 Å². The molecule has 1 saturated heterocycles. The Morgan fingerprint density at radius 2 is 1.88 bits per heavy atom. The maximum absolute atomic E-state index is 11.2. The highest BCUT2D eigenvalue weighted by atomic mass is 16.7. The van der Waals surface area contributed by atoms with E-state index in [-0.39, 0.29) is 5.56 Å². The van der Waals surface area contributed by atoms with E-state index in [0.717, 1.165) is 11.3 Å². The quantitative estimate of drug-likeness (QED) is 0.877. The largest absolute Gasteiger partial charge is 0.497 e. The van der Waals surface area contributed by atoms with Crippen LogP contribution in [-0.4, -0.2) is 31.4 Å². The van der Waals surface area contributed by atoms with E-state index >= 15 is 0 Å². The Morgan fingerprint density at radius 3 is 2.50 bits per heavy atom. The molecule has 1 aliphatic rings. The van der Waals surface area contributed by atoms with Gasteiger partial charge in [-0.05, 0) is 35.9 Å². The summed E-state index contributed by atoms with van der Waals surface area (Å²) in [5.74, 6) is 0.196. The summed E-state index contributed by atoms with van der Waals surface area (Å²) in [7, 11) is 1.61. The van der Waals surface area contributed by atoms with E-state index in [4.69, 9.17) is 18.9 Å². The summed E-state index contributed by atoms with van der Waals surface area (Å²) < 4.78 is 21.9. The fourth-order valence-corrected chi connectivity index (χ4v) is 2.41. The first-order valence-corrected chi connectivity index (χ1v) is 7.53. The molecule has 1 N–H and O–H groups in total. The van der Waals surface area contributed by atoms with Crippen LogP contribution in [0.2, 0.25) is 0 Å². The molecule has 0 atom stereocenters. The second-order valence-electron chi connectivity index (χ2n) is 5.27. The highest BCUT2D eigenvalue weighted by Crippen LogP contribution is 2.32. The molecule has 24 heavy (non-hydrogen) atoms. The van der Waals surface area contributed by atoms with Crippen molar-refractivity contribution in [3.63, 3.8) is 0 Å². The van der Waals surface area contributed by atoms with Gasteiger partial charge < -0.3 is 24.1 Å². The third-order valence-electron chi connectivity index (χ3n) is 3.69. The Labute approximate surface area is 139 Å². The van der Waals surface area contributed by atoms with E-state index in [2.05, 4.69) is 0 Å². The zero-order chi connectivity index (χ0) is 16.9. The van der Waals surface area contributed by atoms with Gasteiger partial charge in [-0.3, -0.25) is 0 Å². The number of benzene rings is 2. The molecule has 0 aromatic heterocycles. The average molecular weight is 330 g/mol. The van der Waals surface area contributed by atoms with Crippen LogP contribution in [0, 0.1) is 0 Å². The van der Waals surface area contributed by atoms with Gasteiger partial charge in [0.25, 0.3) is 0 Å². The van der Waals surface area contributed by atoms with Gasteiger partial charge in [0.15, 0.2) is 6.29 Å². The van der Waals surface area contributed by atoms with Crippen LogP contribution in [-0.2, 0) is 16.1 Å². The van der Waals surface area contributed by atoms with Gasteiger partial charge >= 0.3 is 5.97 Å². The lowest BCUT2D eigenvalue weighted by molar-refractivity contribution is -0.0459. The van der Waals surface area contributed by atoms with Crippen LogP contribution < -0.4 is 9.47 Å². The molecular formula is C18H18O6. The fraction of sp³-hybridized carbons (Fsp3) is 0.278. The number of carbonyl (C=O) groups is 1. The second-order valence-corrected chi connectivity index (χ2v) is 5.27. The lowest BCUT2D eigenvalue weighted by atomic mass is 10.1. The van der Waals surface area contributed by atoms with Crippen LogP contribution in [0.25, 0.3) is 0 Å². The summed E-state index contributed by atoms with van der Waals surface area (Å²) in [5, 5.41) is 9.18. The van der Waals surface area contributed by atoms with Crippen LogP contribution in [0.15, 0.2) is 42.5 Å². The van der Waals surface area contributed by atoms with Gasteiger partial charge in [0.05, 0.1) is 25.9 Å². The topological polar surface area (TPSA) is 74.2 Å². The molecule has 0 spiro atoms. The van der Waals surface area contributed by atoms with E-state index in [0.29, 0.717) is 31.1 Å². The lowest BCUT2D eigenvalue weighted by Crippen LogP contribution is -2.06. The molecule has 2 aromatic carbocycles. The van der Waals surface area contributed by atoms with Crippen molar-refractivity contribution in [3.8, 4) is 11.5 Å². The summed E-state index contributed by atoms with van der Waals surface area (Å²) in [6.07, 6.45) is -0.529. The monoisotopic (exact) mass is 330 g/mol. The van der Waals surface area contributed by atoms with Gasteiger partial charge in [-0.15, -0.1) is 0 Å². The van der Waals surface area contributed by atoms with Gasteiger partial charge in [0.2, 0.25) is 0 Å². The Kier molecular flexibility index (Phi) is 4.98. The van der Waals surface area contributed by atoms with Crippen LogP contribution in [0.4, 0.5) is 0 Å². The van der Waals surface area contributed by atoms with Gasteiger partial charge in [-0.1, -0.05) is 12.1 Å². The normalized spacial score (nSPS) is 14.5. The second kappa shape index (κ2) is 7.33. The highest BCUT2D eigenvalue weighted by molar-refractivity contribution is 5.88. The summed E-state index contributed by atoms with van der Waals surface area (Å²) >= 11 is 0. The van der Waals surface area contributed by atoms with Crippen LogP contribution in [0.3, 0.4) is 0 Å². The van der Waals surface area contributed by atoms with Crippen molar-refractivity contribution in [3.05, 3.63) is 59.2 Å². The third-order valence-corrected chi connectivity index (χ3v) is 3.69. The molecule has 1 heterocycles. The van der Waals surface area contributed by atoms with Crippen molar-refractivity contribution in [1.29, 1.82) is 0 Å². The molecule has 1 aliphatic heterocycles. The highest BCUT2D eigenvalue weighted by Gasteiger charge is 2.23. The van der Waals surface area contributed by atoms with Crippen molar-refractivity contribution in [2.45, 2.75) is 12.9 Å². The van der Waals surface area contributed by atoms with Gasteiger partial charge in [-0.25, -0.2) is 4.79 Å². The van der Waals surface area contributed by atoms with Crippen LogP contribution in [0.5, 0.6) is 11.5 Å². The maximum atomic E-state index is 11.2. The summed E-state index contributed by atoms with van der Waals surface area (Å²) in [5.41, 5.74) is 1.78. The molecule has 1 fully saturated rings. The molecule has 0 radical (unpaired) electrons. The summed E-state index contributed by atoms with van der Waals surface area (Å²) in [4.78, 5) is 11.2. The predicted octanol–water partition coefficient (Wildman–Crippen LogP) is 3.02. The Bertz CT molecular complexity index is 704. The van der Waals surface area contributed by atoms with Gasteiger partial charge in [0.1, 0.15) is 18.1 Å². The molecule has 0 saturated carbocycles. The first-order chi connectivity index (χ1) is 11.7. The molecule has 126 valence electrons. The Balaban J connectivity index is 1.80. The smallest absolute Gasteiger partial charge is 0.335 e. The minimum Gasteiger partial charge on any atom is -0.497 e. The number of ether oxygens (including phenoxy) is 4. The Morgan fingerprint density at radius 1 is 1.17 bits per heavy atom. The summed E-state index contributed by atoms with van der Waals surface area (Å²) in [6.45, 7) is 1.30. The molecule has 0 bridgehead atoms. The minimum atomic E-state index is -1.01. The van der Waals surface area contributed by atoms with Crippen molar-refractivity contribution >= 4 is 5.97 Å². The third kappa shape index (κ3) is 3.67. The molecular weight excluding hydrogens is 312 g/mol. The molecule has 2 aromatic rings. The number of aromatic carboxylic acids is 1. The van der Waals surface area contributed by atoms with Gasteiger partial charge in [-0.2, -0.15) is 0 Å². The number of carboxylic acid groups (broad SMARTS) is 1. The molecule has 0 amide bonds. The first-order valence-electron chi connectivity index (χ1n) is 7.53. The number of rotatable bonds is 6. The molecule has 0 unspecified atom stereocenters. The van der Waals surface area contributed by atoms with Crippen molar-refractivity contribution in [1.82, 2.24) is 0 Å². The molecule has 3 rings (SSSR count). The van der Waals surface area contributed by atoms with Crippen molar-refractivity contribution < 1.29 is 28.8 Å². The number of hydrogen-bond acceptors (Lipinski definition) is 5. The van der Waals surface area contributed by atoms with E-state index < -0.39 is 12.3 Å². The van der Waals surface area contributed by atoms with Gasteiger partial charge in [0, 0.05) is 5.56 Å². The first kappa shape index (κ1) is 16.3. The number of methoxy groups -OCH3 is 1. The Hall–Kier alpha value is -2.57. The standard InChI is InChI=1S/C18H18O6/c1-21-14-5-2-12(3-6-14)11-24-16-10-13(17(19)20)4-7-15(16)18-22-8-9-23-18/h2-7,10,18H,8-9,11H2,1H3,(H,19,20). The van der Waals surface area contributed by atoms with E-state index in [1.807, 2.05) is 24.3 Å². The average Bonchev–Trinajstić information content (AvgIpc) is 3.14. The van der Waals surface area contributed by atoms with Crippen LogP contribution in [0.1, 0.15) is 27.8 Å². The number of hydrogen-bond donors (Lipinski definition) is 1. The number of carboxylic acids is 1. The van der Waals surface area contributed by atoms with Crippen molar-refractivity contribution in [2.75, 3.05) is 20.3 Å². The molecule has 6 nitrogen and oxygen atoms in total. The lowest BCUT2D eigenvalue weighted by Gasteiger charge is -2.16. The van der Waals surface area contributed by atoms with E-state index in [9.17, 15) is 9.90 Å². The predicted molar refractivity (Wildman–Crippen MR) is 85.4 cm³/mol. The zero-order valence-electron chi connectivity index (χ0n) is 13.2. The molecule has 6 heteroatoms. The minimum absolute atomic E-state index is 0.154. The van der Waals surface area contributed by atoms with Crippen LogP contribution >= 0.6 is 0 Å². The maximum Gasteiger partial charge on any atom is 0.335 e. The zero-order valence-corrected chi connectivity index (χ0v) is 13.2. The van der Waals surface area contributed by atoms with Crippen molar-refractivity contribution in [2.24, 2.45) is 0 Å².